The van der Waals surface area contributed by atoms with Crippen LogP contribution in [0.15, 0.2) is 0 Å². The summed E-state index contributed by atoms with van der Waals surface area (Å²) in [5.41, 5.74) is -8.84. The average molecular weight is 1770 g/mol. The summed E-state index contributed by atoms with van der Waals surface area (Å²) in [7, 11) is 0. The van der Waals surface area contributed by atoms with Crippen molar-refractivity contribution >= 4 is 0 Å². The summed E-state index contributed by atoms with van der Waals surface area (Å²) < 4.78 is 336. The first-order chi connectivity index (χ1) is 52.0. The van der Waals surface area contributed by atoms with E-state index >= 15 is 0 Å². The smallest absolute Gasteiger partial charge is 0.171 e. The Labute approximate surface area is 696 Å². The molecule has 9 atom stereocenters. The number of alkyl halides is 27. The molecule has 0 aromatic heterocycles. The molecule has 118 heavy (non-hydrogen) atoms. The van der Waals surface area contributed by atoms with E-state index in [2.05, 4.69) is 104 Å². The molecule has 8 rings (SSSR count). The molecule has 0 aliphatic heterocycles. The van der Waals surface area contributed by atoms with Crippen LogP contribution in [0.5, 0.6) is 0 Å². The Kier molecular flexibility index (Phi) is 46.6. The lowest BCUT2D eigenvalue weighted by molar-refractivity contribution is -0.364. The number of fused-ring (bicyclic) bond motifs is 3. The Morgan fingerprint density at radius 2 is 0.695 bits per heavy atom. The van der Waals surface area contributed by atoms with E-state index < -0.39 is 126 Å². The summed E-state index contributed by atoms with van der Waals surface area (Å²) in [6.45, 7) is 62.6. The summed E-state index contributed by atoms with van der Waals surface area (Å²) in [4.78, 5) is 0. The standard InChI is InChI=1S/C10H19F3.C10H18.C10H22.2C9H12F6.C9H15F3.C9H17F3.C9H20.2C8H13F3/c1-7(2)8(3,4)9(5,6)10(11,12)13;1-8-7-9-3-5-10(8,2)6-4-9;1-8(2)10(6,7)9(3,4)5;1-6-2-4-7(5-3-6,8(10,11)12)9(13,14)15;1-6-4-2-3-5-7(6,8(10,11)12)9(13,14)15;1-6-4-3-5-8(7(6)2)9(10,11)12;1-6(2)7(3)8(4,5)9(10,11)12;1-7(2)8(3)9(4,5)6;1-6-2-4-7(5-3-6)8(9,10)11;1-6-3-2-4-7(5-6)8(9,10)11/h7H,1-6H3;8-9H,3-7H2,1-2H3;8H,1-7H3;2*6H,2-5H2,1H3;6-8H,3-5H2,1-2H3;6-7H,1-5H3;7-8H,1-6H3;2*6-7H,2-5H2,1H3/t;8-,9?,10?;;;6-;6?,7-,8?;7-;8-;;6-,7?/m.0..1111.1/s1. The fraction of sp³-hybridized carbons (Fsp3) is 1.00. The van der Waals surface area contributed by atoms with Crippen molar-refractivity contribution < 1.29 is 119 Å². The lowest BCUT2D eigenvalue weighted by Crippen LogP contribution is -2.55. The fourth-order valence-electron chi connectivity index (χ4n) is 16.6. The third kappa shape index (κ3) is 35.7. The molecule has 0 amide bonds. The van der Waals surface area contributed by atoms with Gasteiger partial charge in [-0.3, -0.25) is 0 Å². The van der Waals surface area contributed by atoms with Crippen LogP contribution in [0.4, 0.5) is 119 Å². The summed E-state index contributed by atoms with van der Waals surface area (Å²) >= 11 is 0. The van der Waals surface area contributed by atoms with E-state index in [0.29, 0.717) is 60.7 Å². The van der Waals surface area contributed by atoms with Crippen LogP contribution >= 0.6 is 0 Å². The van der Waals surface area contributed by atoms with E-state index in [1.165, 1.54) is 59.8 Å². The van der Waals surface area contributed by atoms with E-state index in [1.54, 1.807) is 34.6 Å². The van der Waals surface area contributed by atoms with Crippen LogP contribution in [0.3, 0.4) is 0 Å². The molecule has 8 fully saturated rings. The summed E-state index contributed by atoms with van der Waals surface area (Å²) in [5.74, 6) is 0.475. The Morgan fingerprint density at radius 1 is 0.305 bits per heavy atom. The van der Waals surface area contributed by atoms with Crippen LogP contribution in [0, 0.1) is 149 Å². The van der Waals surface area contributed by atoms with Gasteiger partial charge in [-0.05, 0) is 213 Å². The summed E-state index contributed by atoms with van der Waals surface area (Å²) in [6.07, 6.45) is -28.8. The van der Waals surface area contributed by atoms with Crippen LogP contribution < -0.4 is 0 Å². The van der Waals surface area contributed by atoms with Crippen molar-refractivity contribution in [1.29, 1.82) is 0 Å². The molecule has 0 aromatic rings. The van der Waals surface area contributed by atoms with Gasteiger partial charge in [-0.2, -0.15) is 119 Å². The fourth-order valence-corrected chi connectivity index (χ4v) is 16.6. The van der Waals surface area contributed by atoms with E-state index in [1.807, 2.05) is 48.5 Å². The maximum Gasteiger partial charge on any atom is 0.403 e. The van der Waals surface area contributed by atoms with Gasteiger partial charge in [0, 0.05) is 0 Å². The van der Waals surface area contributed by atoms with Gasteiger partial charge < -0.3 is 0 Å². The molecule has 8 saturated carbocycles. The van der Waals surface area contributed by atoms with E-state index in [0.717, 1.165) is 80.5 Å². The summed E-state index contributed by atoms with van der Waals surface area (Å²) in [5, 5.41) is 0. The van der Waals surface area contributed by atoms with Gasteiger partial charge in [-0.15, -0.1) is 0 Å². The molecule has 0 spiro atoms. The molecular weight excluding hydrogens is 1610 g/mol. The minimum Gasteiger partial charge on any atom is -0.171 e. The monoisotopic (exact) mass is 1770 g/mol. The zero-order valence-electron chi connectivity index (χ0n) is 78.0. The molecule has 714 valence electrons. The van der Waals surface area contributed by atoms with E-state index in [9.17, 15) is 119 Å². The average Bonchev–Trinajstić information content (AvgIpc) is 0.753. The predicted molar refractivity (Wildman–Crippen MR) is 428 cm³/mol. The number of halogens is 27. The normalized spacial score (nSPS) is 27.2. The van der Waals surface area contributed by atoms with Crippen LogP contribution in [-0.2, 0) is 0 Å². The largest absolute Gasteiger partial charge is 0.403 e. The second-order valence-electron chi connectivity index (χ2n) is 42.8. The van der Waals surface area contributed by atoms with E-state index in [4.69, 9.17) is 0 Å². The molecule has 27 heteroatoms. The van der Waals surface area contributed by atoms with Crippen molar-refractivity contribution in [2.75, 3.05) is 0 Å². The van der Waals surface area contributed by atoms with E-state index in [-0.39, 0.29) is 67.1 Å². The number of hydrogen-bond acceptors (Lipinski definition) is 0. The van der Waals surface area contributed by atoms with Crippen LogP contribution in [-0.4, -0.2) is 55.6 Å². The maximum absolute atomic E-state index is 12.7. The zero-order chi connectivity index (χ0) is 94.8. The molecule has 8 aliphatic rings. The van der Waals surface area contributed by atoms with Crippen molar-refractivity contribution in [1.82, 2.24) is 0 Å². The second-order valence-corrected chi connectivity index (χ2v) is 42.8. The molecule has 0 nitrogen and oxygen atoms in total. The van der Waals surface area contributed by atoms with Crippen molar-refractivity contribution in [2.24, 2.45) is 149 Å². The first kappa shape index (κ1) is 120. The molecule has 0 aromatic carbocycles. The highest BCUT2D eigenvalue weighted by molar-refractivity contribution is 5.00. The molecule has 0 saturated heterocycles. The van der Waals surface area contributed by atoms with Gasteiger partial charge in [-0.1, -0.05) is 273 Å². The van der Waals surface area contributed by atoms with Crippen molar-refractivity contribution in [2.45, 2.75) is 431 Å². The molecule has 2 bridgehead atoms. The number of rotatable bonds is 6. The SMILES string of the molecule is CC(C)C(C)(C)C(C)(C)C.CC(C)C(C)(C)C(C)(C)C(F)(F)F.CC(C)[C@@H](C)C(C)(C)C.CC(C)[C@@H](C)C(C)(C)C(F)(F)F.CC1CCC(C(F)(F)F)(C(F)(F)F)CC1.CC1CCC(C(F)(F)F)CC1.CC1CCCC(C(F)(F)F)[C@@H]1C.C[C@@H]1CCCC(C(F)(F)F)C1.C[C@@H]1CCCCC1(C(F)(F)F)C(F)(F)F.C[C@H]1CC2CCC1(C)CC2. The Morgan fingerprint density at radius 3 is 0.915 bits per heavy atom. The quantitative estimate of drug-likeness (QED) is 0.233. The first-order valence-corrected chi connectivity index (χ1v) is 43.6. The molecule has 0 N–H and O–H groups in total. The maximum atomic E-state index is 12.7. The minimum absolute atomic E-state index is 0.00382. The van der Waals surface area contributed by atoms with Crippen molar-refractivity contribution in [3.05, 3.63) is 0 Å². The van der Waals surface area contributed by atoms with Gasteiger partial charge in [0.2, 0.25) is 0 Å². The van der Waals surface area contributed by atoms with Crippen molar-refractivity contribution in [3.63, 3.8) is 0 Å². The van der Waals surface area contributed by atoms with Gasteiger partial charge in [-0.25, -0.2) is 0 Å². The number of hydrogen-bond donors (Lipinski definition) is 0. The Balaban J connectivity index is -0.00000125. The molecule has 0 heterocycles. The van der Waals surface area contributed by atoms with Crippen LogP contribution in [0.25, 0.3) is 0 Å². The Bertz CT molecular complexity index is 2650. The molecular formula is C91H161F27. The van der Waals surface area contributed by atoms with Gasteiger partial charge in [0.25, 0.3) is 0 Å². The minimum atomic E-state index is -5.20. The topological polar surface area (TPSA) is 0 Å². The second kappa shape index (κ2) is 45.7. The van der Waals surface area contributed by atoms with Gasteiger partial charge in [0.1, 0.15) is 0 Å². The van der Waals surface area contributed by atoms with Gasteiger partial charge in [0.05, 0.1) is 28.6 Å². The van der Waals surface area contributed by atoms with Gasteiger partial charge in [0.15, 0.2) is 10.8 Å². The van der Waals surface area contributed by atoms with Gasteiger partial charge >= 0.3 is 55.6 Å². The highest BCUT2D eigenvalue weighted by Gasteiger charge is 2.73. The highest BCUT2D eigenvalue weighted by atomic mass is 19.4. The van der Waals surface area contributed by atoms with Crippen LogP contribution in [0.2, 0.25) is 0 Å². The lowest BCUT2D eigenvalue weighted by atomic mass is 9.57. The molecule has 8 aliphatic carbocycles. The third-order valence-corrected chi connectivity index (χ3v) is 31.0. The third-order valence-electron chi connectivity index (χ3n) is 31.0. The Hall–Kier alpha value is -1.89. The zero-order valence-corrected chi connectivity index (χ0v) is 78.0. The van der Waals surface area contributed by atoms with Crippen LogP contribution in [0.1, 0.15) is 376 Å². The summed E-state index contributed by atoms with van der Waals surface area (Å²) in [6, 6.07) is 0. The first-order valence-electron chi connectivity index (χ1n) is 43.6. The molecule has 0 radical (unpaired) electrons. The van der Waals surface area contributed by atoms with Crippen molar-refractivity contribution in [3.8, 4) is 0 Å². The predicted octanol–water partition coefficient (Wildman–Crippen LogP) is 37.4. The highest BCUT2D eigenvalue weighted by Crippen LogP contribution is 2.63. The lowest BCUT2D eigenvalue weighted by Gasteiger charge is -2.49. The molecule has 3 unspecified atom stereocenters.